The molecule has 0 fully saturated rings. The number of ether oxygens (including phenoxy) is 1. The van der Waals surface area contributed by atoms with E-state index in [9.17, 15) is 4.79 Å². The van der Waals surface area contributed by atoms with E-state index in [1.54, 1.807) is 18.4 Å². The molecular weight excluding hydrogens is 410 g/mol. The molecule has 0 aliphatic carbocycles. The van der Waals surface area contributed by atoms with Crippen molar-refractivity contribution in [2.75, 3.05) is 13.7 Å². The lowest BCUT2D eigenvalue weighted by Crippen LogP contribution is -2.35. The van der Waals surface area contributed by atoms with Crippen molar-refractivity contribution < 1.29 is 9.53 Å². The Hall–Kier alpha value is -3.52. The zero-order valence-electron chi connectivity index (χ0n) is 17.2. The lowest BCUT2D eigenvalue weighted by molar-refractivity contribution is -0.132. The third-order valence-corrected chi connectivity index (χ3v) is 5.71. The monoisotopic (exact) mass is 433 g/mol. The van der Waals surface area contributed by atoms with Crippen LogP contribution >= 0.6 is 11.3 Å². The SMILES string of the molecule is COc1cccc(-c2nnn(CC(=O)N(CCc3ccccc3)Cc3cccs3)n2)c1. The number of thiophene rings is 1. The topological polar surface area (TPSA) is 73.1 Å². The first-order valence-corrected chi connectivity index (χ1v) is 10.9. The smallest absolute Gasteiger partial charge is 0.246 e. The van der Waals surface area contributed by atoms with Crippen molar-refractivity contribution >= 4 is 17.2 Å². The molecule has 0 radical (unpaired) electrons. The largest absolute Gasteiger partial charge is 0.497 e. The van der Waals surface area contributed by atoms with Gasteiger partial charge in [0.05, 0.1) is 13.7 Å². The molecule has 8 heteroatoms. The average molecular weight is 434 g/mol. The van der Waals surface area contributed by atoms with Gasteiger partial charge in [0, 0.05) is 17.0 Å². The molecule has 31 heavy (non-hydrogen) atoms. The van der Waals surface area contributed by atoms with Gasteiger partial charge >= 0.3 is 0 Å². The summed E-state index contributed by atoms with van der Waals surface area (Å²) < 4.78 is 5.25. The minimum absolute atomic E-state index is 0.0388. The number of aromatic nitrogens is 4. The summed E-state index contributed by atoms with van der Waals surface area (Å²) in [6, 6.07) is 21.7. The average Bonchev–Trinajstić information content (AvgIpc) is 3.49. The van der Waals surface area contributed by atoms with E-state index in [4.69, 9.17) is 4.74 Å². The quantitative estimate of drug-likeness (QED) is 0.403. The number of amides is 1. The van der Waals surface area contributed by atoms with E-state index in [0.29, 0.717) is 24.7 Å². The predicted molar refractivity (Wildman–Crippen MR) is 120 cm³/mol. The molecule has 0 atom stereocenters. The molecule has 158 valence electrons. The Morgan fingerprint density at radius 3 is 2.74 bits per heavy atom. The fraction of sp³-hybridized carbons (Fsp3) is 0.217. The van der Waals surface area contributed by atoms with E-state index in [-0.39, 0.29) is 12.5 Å². The van der Waals surface area contributed by atoms with Crippen LogP contribution in [0.4, 0.5) is 0 Å². The third kappa shape index (κ3) is 5.55. The molecule has 4 rings (SSSR count). The number of hydrogen-bond donors (Lipinski definition) is 0. The minimum Gasteiger partial charge on any atom is -0.497 e. The van der Waals surface area contributed by atoms with Crippen LogP contribution < -0.4 is 4.74 Å². The van der Waals surface area contributed by atoms with Crippen LogP contribution in [0.1, 0.15) is 10.4 Å². The number of rotatable bonds is 9. The van der Waals surface area contributed by atoms with Crippen molar-refractivity contribution in [3.63, 3.8) is 0 Å². The zero-order chi connectivity index (χ0) is 21.5. The summed E-state index contributed by atoms with van der Waals surface area (Å²) in [4.78, 5) is 17.4. The summed E-state index contributed by atoms with van der Waals surface area (Å²) >= 11 is 1.65. The van der Waals surface area contributed by atoms with Gasteiger partial charge in [0.1, 0.15) is 12.3 Å². The highest BCUT2D eigenvalue weighted by Gasteiger charge is 2.17. The summed E-state index contributed by atoms with van der Waals surface area (Å²) in [5.74, 6) is 1.13. The first-order valence-electron chi connectivity index (χ1n) is 9.97. The Kier molecular flexibility index (Phi) is 6.68. The second-order valence-electron chi connectivity index (χ2n) is 7.01. The Labute approximate surface area is 184 Å². The van der Waals surface area contributed by atoms with Crippen molar-refractivity contribution in [1.29, 1.82) is 0 Å². The van der Waals surface area contributed by atoms with Crippen LogP contribution in [-0.2, 0) is 24.3 Å². The van der Waals surface area contributed by atoms with Gasteiger partial charge in [-0.2, -0.15) is 4.80 Å². The van der Waals surface area contributed by atoms with Gasteiger partial charge < -0.3 is 9.64 Å². The minimum atomic E-state index is -0.0427. The van der Waals surface area contributed by atoms with Crippen molar-refractivity contribution in [1.82, 2.24) is 25.1 Å². The van der Waals surface area contributed by atoms with E-state index in [1.165, 1.54) is 10.4 Å². The molecule has 4 aromatic rings. The number of tetrazole rings is 1. The van der Waals surface area contributed by atoms with E-state index >= 15 is 0 Å². The summed E-state index contributed by atoms with van der Waals surface area (Å²) in [5.41, 5.74) is 1.99. The lowest BCUT2D eigenvalue weighted by atomic mass is 10.1. The van der Waals surface area contributed by atoms with Crippen LogP contribution in [-0.4, -0.2) is 44.7 Å². The second-order valence-corrected chi connectivity index (χ2v) is 8.04. The molecule has 2 aromatic heterocycles. The summed E-state index contributed by atoms with van der Waals surface area (Å²) in [7, 11) is 1.61. The highest BCUT2D eigenvalue weighted by Crippen LogP contribution is 2.20. The number of nitrogens with zero attached hydrogens (tertiary/aromatic N) is 5. The summed E-state index contributed by atoms with van der Waals surface area (Å²) in [5, 5.41) is 14.6. The maximum absolute atomic E-state index is 13.1. The normalized spacial score (nSPS) is 10.7. The van der Waals surface area contributed by atoms with Crippen LogP contribution in [0, 0.1) is 0 Å². The molecule has 7 nitrogen and oxygen atoms in total. The van der Waals surface area contributed by atoms with Gasteiger partial charge in [0.25, 0.3) is 0 Å². The molecule has 2 aromatic carbocycles. The summed E-state index contributed by atoms with van der Waals surface area (Å²) in [6.45, 7) is 1.23. The number of hydrogen-bond acceptors (Lipinski definition) is 6. The maximum atomic E-state index is 13.1. The fourth-order valence-electron chi connectivity index (χ4n) is 3.20. The third-order valence-electron chi connectivity index (χ3n) is 4.85. The lowest BCUT2D eigenvalue weighted by Gasteiger charge is -2.22. The van der Waals surface area contributed by atoms with Gasteiger partial charge in [-0.1, -0.05) is 48.5 Å². The number of methoxy groups -OCH3 is 1. The Bertz CT molecular complexity index is 1110. The predicted octanol–water partition coefficient (Wildman–Crippen LogP) is 3.68. The van der Waals surface area contributed by atoms with Gasteiger partial charge in [-0.3, -0.25) is 4.79 Å². The van der Waals surface area contributed by atoms with Crippen molar-refractivity contribution in [2.45, 2.75) is 19.5 Å². The highest BCUT2D eigenvalue weighted by molar-refractivity contribution is 7.09. The first-order chi connectivity index (χ1) is 15.2. The maximum Gasteiger partial charge on any atom is 0.246 e. The summed E-state index contributed by atoms with van der Waals surface area (Å²) in [6.07, 6.45) is 0.789. The van der Waals surface area contributed by atoms with Gasteiger partial charge in [-0.05, 0) is 40.8 Å². The molecule has 0 saturated heterocycles. The Morgan fingerprint density at radius 1 is 1.10 bits per heavy atom. The molecule has 0 spiro atoms. The molecule has 0 bridgehead atoms. The number of carbonyl (C=O) groups is 1. The van der Waals surface area contributed by atoms with Crippen LogP contribution in [0.3, 0.4) is 0 Å². The van der Waals surface area contributed by atoms with E-state index in [2.05, 4.69) is 27.5 Å². The molecule has 0 N–H and O–H groups in total. The Morgan fingerprint density at radius 2 is 1.97 bits per heavy atom. The van der Waals surface area contributed by atoms with Gasteiger partial charge in [0.2, 0.25) is 11.7 Å². The van der Waals surface area contributed by atoms with Crippen molar-refractivity contribution in [2.24, 2.45) is 0 Å². The fourth-order valence-corrected chi connectivity index (χ4v) is 3.92. The van der Waals surface area contributed by atoms with Gasteiger partial charge in [-0.25, -0.2) is 0 Å². The number of carbonyl (C=O) groups excluding carboxylic acids is 1. The van der Waals surface area contributed by atoms with Crippen LogP contribution in [0.25, 0.3) is 11.4 Å². The van der Waals surface area contributed by atoms with E-state index < -0.39 is 0 Å². The first kappa shape index (κ1) is 20.7. The molecule has 0 saturated carbocycles. The molecule has 2 heterocycles. The standard InChI is InChI=1S/C23H23N5O2S/c1-30-20-10-5-9-19(15-20)23-24-26-28(25-23)17-22(29)27(16-21-11-6-14-31-21)13-12-18-7-3-2-4-8-18/h2-11,14-15H,12-13,16-17H2,1H3. The van der Waals surface area contributed by atoms with Crippen molar-refractivity contribution in [3.8, 4) is 17.1 Å². The van der Waals surface area contributed by atoms with Gasteiger partial charge in [0.15, 0.2) is 0 Å². The Balaban J connectivity index is 1.45. The molecule has 1 amide bonds. The second kappa shape index (κ2) is 9.99. The zero-order valence-corrected chi connectivity index (χ0v) is 18.0. The number of benzene rings is 2. The van der Waals surface area contributed by atoms with Gasteiger partial charge in [-0.15, -0.1) is 21.5 Å². The van der Waals surface area contributed by atoms with Crippen LogP contribution in [0.2, 0.25) is 0 Å². The van der Waals surface area contributed by atoms with E-state index in [1.807, 2.05) is 64.9 Å². The highest BCUT2D eigenvalue weighted by atomic mass is 32.1. The molecule has 0 aliphatic rings. The molecule has 0 aliphatic heterocycles. The van der Waals surface area contributed by atoms with Crippen molar-refractivity contribution in [3.05, 3.63) is 82.6 Å². The van der Waals surface area contributed by atoms with Crippen LogP contribution in [0.5, 0.6) is 5.75 Å². The molecule has 0 unspecified atom stereocenters. The molecular formula is C23H23N5O2S. The van der Waals surface area contributed by atoms with Crippen LogP contribution in [0.15, 0.2) is 72.1 Å². The van der Waals surface area contributed by atoms with E-state index in [0.717, 1.165) is 16.9 Å².